The van der Waals surface area contributed by atoms with Crippen LogP contribution in [0.25, 0.3) is 0 Å². The molecular formula is C16H14FNO3S. The van der Waals surface area contributed by atoms with Crippen LogP contribution in [0.15, 0.2) is 47.4 Å². The molecule has 0 radical (unpaired) electrons. The van der Waals surface area contributed by atoms with Crippen molar-refractivity contribution < 1.29 is 17.6 Å². The molecule has 0 saturated heterocycles. The molecule has 0 unspecified atom stereocenters. The third-order valence-electron chi connectivity index (χ3n) is 3.60. The van der Waals surface area contributed by atoms with E-state index in [2.05, 4.69) is 5.32 Å². The number of halogens is 1. The number of fused-ring (bicyclic) bond motifs is 1. The highest BCUT2D eigenvalue weighted by atomic mass is 32.2. The van der Waals surface area contributed by atoms with Gasteiger partial charge in [0.2, 0.25) is 0 Å². The first-order valence-corrected chi connectivity index (χ1v) is 8.53. The summed E-state index contributed by atoms with van der Waals surface area (Å²) in [7, 11) is -3.21. The molecule has 0 aromatic heterocycles. The Labute approximate surface area is 127 Å². The predicted molar refractivity (Wildman–Crippen MR) is 81.2 cm³/mol. The minimum Gasteiger partial charge on any atom is -0.322 e. The van der Waals surface area contributed by atoms with Gasteiger partial charge in [0.1, 0.15) is 5.82 Å². The molecule has 0 saturated carbocycles. The molecule has 6 heteroatoms. The second-order valence-corrected chi connectivity index (χ2v) is 7.29. The number of amides is 1. The van der Waals surface area contributed by atoms with Crippen LogP contribution in [0.1, 0.15) is 22.3 Å². The second-order valence-electron chi connectivity index (χ2n) is 5.21. The number of rotatable bonds is 2. The molecule has 3 rings (SSSR count). The van der Waals surface area contributed by atoms with Crippen molar-refractivity contribution in [2.24, 2.45) is 0 Å². The van der Waals surface area contributed by atoms with E-state index in [0.29, 0.717) is 29.0 Å². The van der Waals surface area contributed by atoms with Gasteiger partial charge in [0, 0.05) is 11.3 Å². The van der Waals surface area contributed by atoms with E-state index in [9.17, 15) is 17.6 Å². The number of benzene rings is 2. The summed E-state index contributed by atoms with van der Waals surface area (Å²) in [5.74, 6) is -0.753. The van der Waals surface area contributed by atoms with Gasteiger partial charge >= 0.3 is 0 Å². The van der Waals surface area contributed by atoms with Crippen LogP contribution >= 0.6 is 0 Å². The maximum absolute atomic E-state index is 13.1. The number of carbonyl (C=O) groups is 1. The minimum absolute atomic E-state index is 0.162. The highest BCUT2D eigenvalue weighted by Crippen LogP contribution is 2.27. The lowest BCUT2D eigenvalue weighted by atomic mass is 10.1. The number of nitrogens with one attached hydrogen (secondary N) is 1. The Morgan fingerprint density at radius 3 is 2.73 bits per heavy atom. The van der Waals surface area contributed by atoms with Crippen LogP contribution in [-0.2, 0) is 16.3 Å². The van der Waals surface area contributed by atoms with Crippen molar-refractivity contribution in [3.05, 3.63) is 59.4 Å². The average Bonchev–Trinajstić information content (AvgIpc) is 2.46. The zero-order valence-electron chi connectivity index (χ0n) is 11.7. The molecule has 0 atom stereocenters. The predicted octanol–water partition coefficient (Wildman–Crippen LogP) is 2.80. The first-order chi connectivity index (χ1) is 10.5. The third kappa shape index (κ3) is 2.87. The van der Waals surface area contributed by atoms with Gasteiger partial charge in [0.15, 0.2) is 9.84 Å². The maximum Gasteiger partial charge on any atom is 0.255 e. The molecule has 0 bridgehead atoms. The fraction of sp³-hybridized carbons (Fsp3) is 0.188. The number of hydrogen-bond acceptors (Lipinski definition) is 3. The molecule has 114 valence electrons. The van der Waals surface area contributed by atoms with Gasteiger partial charge in [-0.05, 0) is 54.8 Å². The molecule has 2 aromatic rings. The smallest absolute Gasteiger partial charge is 0.255 e. The van der Waals surface area contributed by atoms with Gasteiger partial charge in [-0.25, -0.2) is 12.8 Å². The highest BCUT2D eigenvalue weighted by molar-refractivity contribution is 7.91. The van der Waals surface area contributed by atoms with E-state index in [-0.39, 0.29) is 11.3 Å². The summed E-state index contributed by atoms with van der Waals surface area (Å²) in [6.45, 7) is 0. The van der Waals surface area contributed by atoms with E-state index in [0.717, 1.165) is 6.07 Å². The number of anilines is 1. The van der Waals surface area contributed by atoms with E-state index < -0.39 is 21.6 Å². The molecule has 1 heterocycles. The van der Waals surface area contributed by atoms with Gasteiger partial charge in [-0.3, -0.25) is 4.79 Å². The van der Waals surface area contributed by atoms with Crippen molar-refractivity contribution in [2.75, 3.05) is 11.1 Å². The SMILES string of the molecule is O=C(Nc1ccc2c(c1)CCCS2(=O)=O)c1cccc(F)c1. The van der Waals surface area contributed by atoms with Gasteiger partial charge < -0.3 is 5.32 Å². The Morgan fingerprint density at radius 1 is 1.14 bits per heavy atom. The Kier molecular flexibility index (Phi) is 3.70. The lowest BCUT2D eigenvalue weighted by Crippen LogP contribution is -2.17. The van der Waals surface area contributed by atoms with Gasteiger partial charge in [0.25, 0.3) is 5.91 Å². The van der Waals surface area contributed by atoms with Crippen molar-refractivity contribution >= 4 is 21.4 Å². The Hall–Kier alpha value is -2.21. The fourth-order valence-corrected chi connectivity index (χ4v) is 4.13. The van der Waals surface area contributed by atoms with Gasteiger partial charge in [-0.2, -0.15) is 0 Å². The average molecular weight is 319 g/mol. The van der Waals surface area contributed by atoms with Gasteiger partial charge in [-0.15, -0.1) is 0 Å². The van der Waals surface area contributed by atoms with E-state index in [1.807, 2.05) is 0 Å². The molecule has 1 aliphatic heterocycles. The second kappa shape index (κ2) is 5.53. The highest BCUT2D eigenvalue weighted by Gasteiger charge is 2.23. The largest absolute Gasteiger partial charge is 0.322 e. The van der Waals surface area contributed by atoms with E-state index in [1.165, 1.54) is 24.3 Å². The maximum atomic E-state index is 13.1. The first kappa shape index (κ1) is 14.7. The Morgan fingerprint density at radius 2 is 1.95 bits per heavy atom. The number of hydrogen-bond donors (Lipinski definition) is 1. The topological polar surface area (TPSA) is 63.2 Å². The van der Waals surface area contributed by atoms with Crippen molar-refractivity contribution in [1.29, 1.82) is 0 Å². The number of carbonyl (C=O) groups excluding carboxylic acids is 1. The normalized spacial score (nSPS) is 15.9. The summed E-state index contributed by atoms with van der Waals surface area (Å²) < 4.78 is 37.0. The van der Waals surface area contributed by atoms with Crippen LogP contribution < -0.4 is 5.32 Å². The molecule has 0 spiro atoms. The summed E-state index contributed by atoms with van der Waals surface area (Å²) in [6.07, 6.45) is 1.24. The lowest BCUT2D eigenvalue weighted by Gasteiger charge is -2.17. The zero-order chi connectivity index (χ0) is 15.7. The third-order valence-corrected chi connectivity index (χ3v) is 5.49. The molecule has 1 aliphatic rings. The van der Waals surface area contributed by atoms with Crippen LogP contribution in [0.3, 0.4) is 0 Å². The van der Waals surface area contributed by atoms with Crippen LogP contribution in [0.2, 0.25) is 0 Å². The molecule has 1 N–H and O–H groups in total. The Bertz CT molecular complexity index is 846. The number of sulfone groups is 1. The van der Waals surface area contributed by atoms with Crippen LogP contribution in [0.4, 0.5) is 10.1 Å². The van der Waals surface area contributed by atoms with E-state index in [4.69, 9.17) is 0 Å². The molecule has 1 amide bonds. The molecule has 4 nitrogen and oxygen atoms in total. The molecular weight excluding hydrogens is 305 g/mol. The molecule has 0 aliphatic carbocycles. The van der Waals surface area contributed by atoms with Crippen molar-refractivity contribution in [3.63, 3.8) is 0 Å². The monoisotopic (exact) mass is 319 g/mol. The van der Waals surface area contributed by atoms with Crippen LogP contribution in [0.5, 0.6) is 0 Å². The van der Waals surface area contributed by atoms with E-state index in [1.54, 1.807) is 12.1 Å². The zero-order valence-corrected chi connectivity index (χ0v) is 12.5. The standard InChI is InChI=1S/C16H14FNO3S/c17-13-5-1-3-12(9-13)16(19)18-14-6-7-15-11(10-14)4-2-8-22(15,20)21/h1,3,5-7,9-10H,2,4,8H2,(H,18,19). The van der Waals surface area contributed by atoms with Crippen LogP contribution in [-0.4, -0.2) is 20.1 Å². The van der Waals surface area contributed by atoms with Crippen molar-refractivity contribution in [2.45, 2.75) is 17.7 Å². The summed E-state index contributed by atoms with van der Waals surface area (Å²) >= 11 is 0. The first-order valence-electron chi connectivity index (χ1n) is 6.88. The Balaban J connectivity index is 1.86. The van der Waals surface area contributed by atoms with Gasteiger partial charge in [-0.1, -0.05) is 6.07 Å². The summed E-state index contributed by atoms with van der Waals surface area (Å²) in [5, 5.41) is 2.66. The minimum atomic E-state index is -3.21. The lowest BCUT2D eigenvalue weighted by molar-refractivity contribution is 0.102. The summed E-state index contributed by atoms with van der Waals surface area (Å²) in [6, 6.07) is 10.1. The van der Waals surface area contributed by atoms with Crippen molar-refractivity contribution in [3.8, 4) is 0 Å². The van der Waals surface area contributed by atoms with E-state index >= 15 is 0 Å². The molecule has 22 heavy (non-hydrogen) atoms. The fourth-order valence-electron chi connectivity index (χ4n) is 2.55. The van der Waals surface area contributed by atoms with Crippen LogP contribution in [0, 0.1) is 5.82 Å². The summed E-state index contributed by atoms with van der Waals surface area (Å²) in [4.78, 5) is 12.4. The van der Waals surface area contributed by atoms with Crippen molar-refractivity contribution in [1.82, 2.24) is 0 Å². The quantitative estimate of drug-likeness (QED) is 0.926. The molecule has 2 aromatic carbocycles. The summed E-state index contributed by atoms with van der Waals surface area (Å²) in [5.41, 5.74) is 1.43. The number of aryl methyl sites for hydroxylation is 1. The molecule has 0 fully saturated rings. The van der Waals surface area contributed by atoms with Gasteiger partial charge in [0.05, 0.1) is 10.6 Å².